The van der Waals surface area contributed by atoms with E-state index in [-0.39, 0.29) is 0 Å². The second-order valence-corrected chi connectivity index (χ2v) is 4.02. The van der Waals surface area contributed by atoms with Gasteiger partial charge in [-0.3, -0.25) is 0 Å². The molecule has 1 heterocycles. The Morgan fingerprint density at radius 2 is 2.06 bits per heavy atom. The highest BCUT2D eigenvalue weighted by Crippen LogP contribution is 2.20. The monoisotopic (exact) mass is 250 g/mol. The summed E-state index contributed by atoms with van der Waals surface area (Å²) in [5.41, 5.74) is 2.11. The van der Waals surface area contributed by atoms with Crippen LogP contribution in [-0.2, 0) is 6.42 Å². The van der Waals surface area contributed by atoms with Crippen molar-refractivity contribution in [3.05, 3.63) is 36.3 Å². The first-order chi connectivity index (χ1) is 8.33. The molecule has 2 aromatic rings. The molecule has 0 aliphatic rings. The van der Waals surface area contributed by atoms with E-state index in [0.717, 1.165) is 29.3 Å². The third-order valence-electron chi connectivity index (χ3n) is 2.44. The lowest BCUT2D eigenvalue weighted by molar-refractivity contribution is 0.340. The maximum atomic E-state index is 5.67. The van der Waals surface area contributed by atoms with Crippen LogP contribution in [0.4, 0.5) is 0 Å². The SMILES string of the molecule is CCOc1ccc(-c2cnc(CCCl)[nH]2)cc1. The highest BCUT2D eigenvalue weighted by atomic mass is 35.5. The average Bonchev–Trinajstić information content (AvgIpc) is 2.80. The molecular weight excluding hydrogens is 236 g/mol. The summed E-state index contributed by atoms with van der Waals surface area (Å²) >= 11 is 5.67. The molecule has 4 heteroatoms. The van der Waals surface area contributed by atoms with Gasteiger partial charge in [-0.25, -0.2) is 4.98 Å². The van der Waals surface area contributed by atoms with Gasteiger partial charge in [0, 0.05) is 12.3 Å². The van der Waals surface area contributed by atoms with Gasteiger partial charge in [0.05, 0.1) is 18.5 Å². The molecule has 17 heavy (non-hydrogen) atoms. The lowest BCUT2D eigenvalue weighted by atomic mass is 10.2. The minimum atomic E-state index is 0.580. The van der Waals surface area contributed by atoms with Gasteiger partial charge in [0.2, 0.25) is 0 Å². The van der Waals surface area contributed by atoms with Crippen molar-refractivity contribution in [3.8, 4) is 17.0 Å². The summed E-state index contributed by atoms with van der Waals surface area (Å²) in [6.07, 6.45) is 2.59. The molecule has 3 nitrogen and oxygen atoms in total. The van der Waals surface area contributed by atoms with Gasteiger partial charge >= 0.3 is 0 Å². The number of halogens is 1. The van der Waals surface area contributed by atoms with Gasteiger partial charge < -0.3 is 9.72 Å². The second kappa shape index (κ2) is 5.73. The third-order valence-corrected chi connectivity index (χ3v) is 2.63. The third kappa shape index (κ3) is 3.01. The van der Waals surface area contributed by atoms with Crippen molar-refractivity contribution in [2.75, 3.05) is 12.5 Å². The minimum absolute atomic E-state index is 0.580. The van der Waals surface area contributed by atoms with Crippen molar-refractivity contribution in [3.63, 3.8) is 0 Å². The lowest BCUT2D eigenvalue weighted by Crippen LogP contribution is -1.91. The second-order valence-electron chi connectivity index (χ2n) is 3.64. The van der Waals surface area contributed by atoms with Crippen molar-refractivity contribution < 1.29 is 4.74 Å². The van der Waals surface area contributed by atoms with E-state index in [0.29, 0.717) is 12.5 Å². The number of hydrogen-bond donors (Lipinski definition) is 1. The molecule has 1 aromatic heterocycles. The normalized spacial score (nSPS) is 10.5. The molecule has 0 aliphatic heterocycles. The van der Waals surface area contributed by atoms with Gasteiger partial charge in [-0.1, -0.05) is 0 Å². The highest BCUT2D eigenvalue weighted by molar-refractivity contribution is 6.17. The number of ether oxygens (including phenoxy) is 1. The van der Waals surface area contributed by atoms with Crippen LogP contribution in [0.15, 0.2) is 30.5 Å². The summed E-state index contributed by atoms with van der Waals surface area (Å²) in [6.45, 7) is 2.66. The predicted octanol–water partition coefficient (Wildman–Crippen LogP) is 3.26. The number of aromatic nitrogens is 2. The van der Waals surface area contributed by atoms with Gasteiger partial charge in [-0.15, -0.1) is 11.6 Å². The van der Waals surface area contributed by atoms with E-state index < -0.39 is 0 Å². The van der Waals surface area contributed by atoms with E-state index in [9.17, 15) is 0 Å². The quantitative estimate of drug-likeness (QED) is 0.828. The van der Waals surface area contributed by atoms with Crippen LogP contribution >= 0.6 is 11.6 Å². The Morgan fingerprint density at radius 1 is 1.29 bits per heavy atom. The number of alkyl halides is 1. The van der Waals surface area contributed by atoms with Crippen LogP contribution in [0.3, 0.4) is 0 Å². The zero-order valence-corrected chi connectivity index (χ0v) is 10.5. The summed E-state index contributed by atoms with van der Waals surface area (Å²) in [5.74, 6) is 2.39. The van der Waals surface area contributed by atoms with Crippen LogP contribution in [0, 0.1) is 0 Å². The Morgan fingerprint density at radius 3 is 2.71 bits per heavy atom. The Balaban J connectivity index is 2.15. The number of aromatic amines is 1. The summed E-state index contributed by atoms with van der Waals surface area (Å²) in [4.78, 5) is 7.52. The summed E-state index contributed by atoms with van der Waals surface area (Å²) in [5, 5.41) is 0. The molecule has 0 saturated carbocycles. The highest BCUT2D eigenvalue weighted by Gasteiger charge is 2.03. The van der Waals surface area contributed by atoms with Crippen LogP contribution in [0.1, 0.15) is 12.7 Å². The van der Waals surface area contributed by atoms with Crippen molar-refractivity contribution in [2.45, 2.75) is 13.3 Å². The molecule has 2 rings (SSSR count). The molecule has 0 unspecified atom stereocenters. The van der Waals surface area contributed by atoms with Crippen molar-refractivity contribution in [1.82, 2.24) is 9.97 Å². The van der Waals surface area contributed by atoms with Crippen LogP contribution < -0.4 is 4.74 Å². The molecule has 1 aromatic carbocycles. The molecule has 0 radical (unpaired) electrons. The molecular formula is C13H15ClN2O. The van der Waals surface area contributed by atoms with Crippen molar-refractivity contribution >= 4 is 11.6 Å². The van der Waals surface area contributed by atoms with Gasteiger partial charge in [-0.05, 0) is 36.8 Å². The van der Waals surface area contributed by atoms with Gasteiger partial charge in [-0.2, -0.15) is 0 Å². The summed E-state index contributed by atoms with van der Waals surface area (Å²) < 4.78 is 5.40. The number of imidazole rings is 1. The number of H-pyrrole nitrogens is 1. The fraction of sp³-hybridized carbons (Fsp3) is 0.308. The van der Waals surface area contributed by atoms with Gasteiger partial charge in [0.25, 0.3) is 0 Å². The maximum absolute atomic E-state index is 5.67. The van der Waals surface area contributed by atoms with Crippen LogP contribution in [0.5, 0.6) is 5.75 Å². The first-order valence-corrected chi connectivity index (χ1v) is 6.20. The number of nitrogens with one attached hydrogen (secondary N) is 1. The molecule has 0 aliphatic carbocycles. The fourth-order valence-electron chi connectivity index (χ4n) is 1.62. The van der Waals surface area contributed by atoms with Crippen LogP contribution in [0.2, 0.25) is 0 Å². The van der Waals surface area contributed by atoms with Gasteiger partial charge in [0.1, 0.15) is 11.6 Å². The van der Waals surface area contributed by atoms with E-state index in [1.807, 2.05) is 37.4 Å². The molecule has 90 valence electrons. The van der Waals surface area contributed by atoms with E-state index in [1.165, 1.54) is 0 Å². The Kier molecular flexibility index (Phi) is 4.04. The molecule has 0 bridgehead atoms. The van der Waals surface area contributed by atoms with E-state index >= 15 is 0 Å². The lowest BCUT2D eigenvalue weighted by Gasteiger charge is -2.03. The van der Waals surface area contributed by atoms with E-state index in [4.69, 9.17) is 16.3 Å². The molecule has 0 saturated heterocycles. The fourth-order valence-corrected chi connectivity index (χ4v) is 1.80. The number of rotatable bonds is 5. The number of hydrogen-bond acceptors (Lipinski definition) is 2. The predicted molar refractivity (Wildman–Crippen MR) is 69.6 cm³/mol. The van der Waals surface area contributed by atoms with E-state index in [1.54, 1.807) is 0 Å². The standard InChI is InChI=1S/C13H15ClN2O/c1-2-17-11-5-3-10(4-6-11)12-9-15-13(16-12)7-8-14/h3-6,9H,2,7-8H2,1H3,(H,15,16). The first kappa shape index (κ1) is 12.0. The summed E-state index contributed by atoms with van der Waals surface area (Å²) in [7, 11) is 0. The van der Waals surface area contributed by atoms with Crippen LogP contribution in [-0.4, -0.2) is 22.5 Å². The molecule has 0 atom stereocenters. The number of aryl methyl sites for hydroxylation is 1. The Labute approximate surface area is 106 Å². The maximum Gasteiger partial charge on any atom is 0.119 e. The van der Waals surface area contributed by atoms with Crippen molar-refractivity contribution in [1.29, 1.82) is 0 Å². The smallest absolute Gasteiger partial charge is 0.119 e. The van der Waals surface area contributed by atoms with Crippen LogP contribution in [0.25, 0.3) is 11.3 Å². The average molecular weight is 251 g/mol. The molecule has 0 fully saturated rings. The molecule has 1 N–H and O–H groups in total. The zero-order chi connectivity index (χ0) is 12.1. The Hall–Kier alpha value is -1.48. The minimum Gasteiger partial charge on any atom is -0.494 e. The van der Waals surface area contributed by atoms with Crippen molar-refractivity contribution in [2.24, 2.45) is 0 Å². The van der Waals surface area contributed by atoms with E-state index in [2.05, 4.69) is 9.97 Å². The molecule has 0 amide bonds. The largest absolute Gasteiger partial charge is 0.494 e. The van der Waals surface area contributed by atoms with Gasteiger partial charge in [0.15, 0.2) is 0 Å². The topological polar surface area (TPSA) is 37.9 Å². The number of nitrogens with zero attached hydrogens (tertiary/aromatic N) is 1. The number of benzene rings is 1. The summed E-state index contributed by atoms with van der Waals surface area (Å²) in [6, 6.07) is 7.95. The first-order valence-electron chi connectivity index (χ1n) is 5.66. The Bertz CT molecular complexity index is 465. The zero-order valence-electron chi connectivity index (χ0n) is 9.74. The molecule has 0 spiro atoms.